The molecule has 0 unspecified atom stereocenters. The van der Waals surface area contributed by atoms with Crippen molar-refractivity contribution in [3.05, 3.63) is 83.9 Å². The number of urea groups is 1. The maximum absolute atomic E-state index is 12.9. The Labute approximate surface area is 186 Å². The summed E-state index contributed by atoms with van der Waals surface area (Å²) in [6.45, 7) is 0. The summed E-state index contributed by atoms with van der Waals surface area (Å²) in [5.41, 5.74) is 4.36. The van der Waals surface area contributed by atoms with Crippen LogP contribution in [0, 0.1) is 0 Å². The molecule has 12 heteroatoms. The molecule has 3 aromatic rings. The van der Waals surface area contributed by atoms with E-state index in [0.29, 0.717) is 6.07 Å². The van der Waals surface area contributed by atoms with E-state index in [1.54, 1.807) is 0 Å². The molecule has 172 valence electrons. The molecule has 0 aliphatic carbocycles. The number of halogens is 3. The molecule has 0 radical (unpaired) electrons. The highest BCUT2D eigenvalue weighted by Crippen LogP contribution is 2.31. The third-order valence-corrected chi connectivity index (χ3v) is 5.62. The molecule has 0 atom stereocenters. The molecule has 0 bridgehead atoms. The Hall–Kier alpha value is -4.06. The van der Waals surface area contributed by atoms with E-state index < -0.39 is 33.7 Å². The van der Waals surface area contributed by atoms with Gasteiger partial charge in [0.15, 0.2) is 0 Å². The Kier molecular flexibility index (Phi) is 6.58. The first kappa shape index (κ1) is 23.6. The van der Waals surface area contributed by atoms with Gasteiger partial charge in [0.2, 0.25) is 0 Å². The number of benzene rings is 3. The van der Waals surface area contributed by atoms with E-state index in [1.165, 1.54) is 48.5 Å². The second kappa shape index (κ2) is 9.20. The second-order valence-electron chi connectivity index (χ2n) is 6.74. The lowest BCUT2D eigenvalue weighted by atomic mass is 10.2. The highest BCUT2D eigenvalue weighted by molar-refractivity contribution is 7.92. The van der Waals surface area contributed by atoms with Gasteiger partial charge in [-0.1, -0.05) is 18.2 Å². The minimum atomic E-state index is -4.63. The monoisotopic (exact) mass is 478 g/mol. The maximum Gasteiger partial charge on any atom is 0.416 e. The maximum atomic E-state index is 12.9. The number of carbonyl (C=O) groups excluding carboxylic acids is 2. The first-order valence-electron chi connectivity index (χ1n) is 9.22. The minimum absolute atomic E-state index is 0.125. The predicted molar refractivity (Wildman–Crippen MR) is 116 cm³/mol. The summed E-state index contributed by atoms with van der Waals surface area (Å²) in [4.78, 5) is 23.2. The fourth-order valence-corrected chi connectivity index (χ4v) is 3.89. The Bertz CT molecular complexity index is 1310. The fourth-order valence-electron chi connectivity index (χ4n) is 2.80. The second-order valence-corrected chi connectivity index (χ2v) is 8.42. The molecular formula is C21H17F3N4O4S. The Morgan fingerprint density at radius 3 is 2.06 bits per heavy atom. The Morgan fingerprint density at radius 2 is 1.39 bits per heavy atom. The SMILES string of the molecule is NC(=O)Nc1cccc(C(=O)Nc2cccc(S(=O)(=O)Nc3cccc(C(F)(F)F)c3)c2)c1. The van der Waals surface area contributed by atoms with Gasteiger partial charge in [-0.3, -0.25) is 9.52 Å². The first-order valence-corrected chi connectivity index (χ1v) is 10.7. The van der Waals surface area contributed by atoms with E-state index in [-0.39, 0.29) is 27.5 Å². The van der Waals surface area contributed by atoms with Crippen LogP contribution in [0.5, 0.6) is 0 Å². The van der Waals surface area contributed by atoms with Crippen molar-refractivity contribution in [2.75, 3.05) is 15.4 Å². The molecular weight excluding hydrogens is 461 g/mol. The van der Waals surface area contributed by atoms with Crippen LogP contribution in [0.4, 0.5) is 35.0 Å². The van der Waals surface area contributed by atoms with E-state index >= 15 is 0 Å². The van der Waals surface area contributed by atoms with Crippen LogP contribution in [-0.4, -0.2) is 20.4 Å². The zero-order valence-electron chi connectivity index (χ0n) is 16.7. The summed E-state index contributed by atoms with van der Waals surface area (Å²) in [6, 6.07) is 14.0. The van der Waals surface area contributed by atoms with Crippen LogP contribution in [0.25, 0.3) is 0 Å². The van der Waals surface area contributed by atoms with Crippen LogP contribution < -0.4 is 21.1 Å². The average Bonchev–Trinajstić information content (AvgIpc) is 2.73. The average molecular weight is 478 g/mol. The Balaban J connectivity index is 1.79. The van der Waals surface area contributed by atoms with Crippen molar-refractivity contribution in [3.8, 4) is 0 Å². The molecule has 3 rings (SSSR count). The predicted octanol–water partition coefficient (Wildman–Crippen LogP) is 4.25. The van der Waals surface area contributed by atoms with Gasteiger partial charge in [-0.15, -0.1) is 0 Å². The quantitative estimate of drug-likeness (QED) is 0.422. The highest BCUT2D eigenvalue weighted by atomic mass is 32.2. The molecule has 0 spiro atoms. The molecule has 0 aliphatic rings. The summed E-state index contributed by atoms with van der Waals surface area (Å²) in [7, 11) is -4.25. The molecule has 0 heterocycles. The topological polar surface area (TPSA) is 130 Å². The van der Waals surface area contributed by atoms with Crippen molar-refractivity contribution in [1.82, 2.24) is 0 Å². The molecule has 0 saturated heterocycles. The lowest BCUT2D eigenvalue weighted by molar-refractivity contribution is -0.137. The molecule has 0 aliphatic heterocycles. The van der Waals surface area contributed by atoms with E-state index in [0.717, 1.165) is 18.2 Å². The van der Waals surface area contributed by atoms with Crippen molar-refractivity contribution < 1.29 is 31.2 Å². The number of nitrogens with two attached hydrogens (primary N) is 1. The van der Waals surface area contributed by atoms with Crippen LogP contribution in [0.2, 0.25) is 0 Å². The van der Waals surface area contributed by atoms with E-state index in [9.17, 15) is 31.2 Å². The van der Waals surface area contributed by atoms with Gasteiger partial charge < -0.3 is 16.4 Å². The summed E-state index contributed by atoms with van der Waals surface area (Å²) >= 11 is 0. The van der Waals surface area contributed by atoms with E-state index in [4.69, 9.17) is 5.73 Å². The third kappa shape index (κ3) is 6.23. The van der Waals surface area contributed by atoms with Crippen molar-refractivity contribution in [3.63, 3.8) is 0 Å². The van der Waals surface area contributed by atoms with Crippen molar-refractivity contribution >= 4 is 39.0 Å². The third-order valence-electron chi connectivity index (χ3n) is 4.24. The van der Waals surface area contributed by atoms with Gasteiger partial charge in [0.05, 0.1) is 10.5 Å². The number of sulfonamides is 1. The number of hydrogen-bond acceptors (Lipinski definition) is 4. The van der Waals surface area contributed by atoms with Crippen molar-refractivity contribution in [2.45, 2.75) is 11.1 Å². The number of primary amides is 1. The lowest BCUT2D eigenvalue weighted by Crippen LogP contribution is -2.20. The van der Waals surface area contributed by atoms with Crippen LogP contribution in [-0.2, 0) is 16.2 Å². The van der Waals surface area contributed by atoms with E-state index in [1.807, 2.05) is 0 Å². The number of carbonyl (C=O) groups is 2. The summed E-state index contributed by atoms with van der Waals surface area (Å²) < 4.78 is 66.1. The van der Waals surface area contributed by atoms with Gasteiger partial charge in [-0.2, -0.15) is 13.2 Å². The molecule has 33 heavy (non-hydrogen) atoms. The summed E-state index contributed by atoms with van der Waals surface area (Å²) in [5, 5.41) is 4.85. The molecule has 0 fully saturated rings. The van der Waals surface area contributed by atoms with Crippen LogP contribution >= 0.6 is 0 Å². The van der Waals surface area contributed by atoms with Gasteiger partial charge in [0.1, 0.15) is 0 Å². The van der Waals surface area contributed by atoms with Gasteiger partial charge in [0.25, 0.3) is 15.9 Å². The molecule has 5 N–H and O–H groups in total. The fraction of sp³-hybridized carbons (Fsp3) is 0.0476. The molecule has 8 nitrogen and oxygen atoms in total. The molecule has 3 amide bonds. The molecule has 0 aromatic heterocycles. The smallest absolute Gasteiger partial charge is 0.351 e. The largest absolute Gasteiger partial charge is 0.416 e. The number of amides is 3. The summed E-state index contributed by atoms with van der Waals surface area (Å²) in [6.07, 6.45) is -4.63. The number of nitrogens with one attached hydrogen (secondary N) is 3. The standard InChI is InChI=1S/C21H17F3N4O4S/c22-21(23,24)14-5-2-8-17(11-14)28-33(31,32)18-9-3-7-16(12-18)26-19(29)13-4-1-6-15(10-13)27-20(25)30/h1-12,28H,(H,26,29)(H3,25,27,30). The zero-order chi connectivity index (χ0) is 24.2. The number of hydrogen-bond donors (Lipinski definition) is 4. The van der Waals surface area contributed by atoms with Crippen molar-refractivity contribution in [1.29, 1.82) is 0 Å². The van der Waals surface area contributed by atoms with Gasteiger partial charge >= 0.3 is 12.2 Å². The van der Waals surface area contributed by atoms with Crippen LogP contribution in [0.15, 0.2) is 77.7 Å². The first-order chi connectivity index (χ1) is 15.4. The molecule has 3 aromatic carbocycles. The highest BCUT2D eigenvalue weighted by Gasteiger charge is 2.30. The number of rotatable bonds is 6. The lowest BCUT2D eigenvalue weighted by Gasteiger charge is -2.12. The van der Waals surface area contributed by atoms with Crippen LogP contribution in [0.1, 0.15) is 15.9 Å². The van der Waals surface area contributed by atoms with Gasteiger partial charge in [-0.05, 0) is 54.6 Å². The van der Waals surface area contributed by atoms with Crippen LogP contribution in [0.3, 0.4) is 0 Å². The number of alkyl halides is 3. The number of anilines is 3. The molecule has 0 saturated carbocycles. The Morgan fingerprint density at radius 1 is 0.788 bits per heavy atom. The van der Waals surface area contributed by atoms with E-state index in [2.05, 4.69) is 15.4 Å². The summed E-state index contributed by atoms with van der Waals surface area (Å²) in [5.74, 6) is -0.594. The zero-order valence-corrected chi connectivity index (χ0v) is 17.5. The normalized spacial score (nSPS) is 11.5. The van der Waals surface area contributed by atoms with Gasteiger partial charge in [-0.25, -0.2) is 13.2 Å². The van der Waals surface area contributed by atoms with Crippen molar-refractivity contribution in [2.24, 2.45) is 5.73 Å². The minimum Gasteiger partial charge on any atom is -0.351 e. The van der Waals surface area contributed by atoms with Gasteiger partial charge in [0, 0.05) is 22.6 Å².